The number of carbonyl (C=O) groups excluding carboxylic acids is 2. The van der Waals surface area contributed by atoms with E-state index in [1.54, 1.807) is 0 Å². The number of fused-ring (bicyclic) bond motifs is 2. The van der Waals surface area contributed by atoms with Crippen LogP contribution in [0.5, 0.6) is 5.75 Å². The molecule has 6 bridgehead atoms. The molecule has 6 aliphatic rings. The Hall–Kier alpha value is -1.94. The highest BCUT2D eigenvalue weighted by molar-refractivity contribution is 9.10. The molecule has 2 atom stereocenters. The van der Waals surface area contributed by atoms with Gasteiger partial charge in [-0.25, -0.2) is 0 Å². The fourth-order valence-corrected chi connectivity index (χ4v) is 6.70. The third-order valence-corrected chi connectivity index (χ3v) is 9.65. The van der Waals surface area contributed by atoms with Crippen LogP contribution in [-0.2, 0) is 35.3 Å². The van der Waals surface area contributed by atoms with Gasteiger partial charge in [-0.1, -0.05) is 61.0 Å². The molecule has 6 aliphatic carbocycles. The predicted molar refractivity (Wildman–Crippen MR) is 124 cm³/mol. The van der Waals surface area contributed by atoms with E-state index in [1.165, 1.54) is 21.2 Å². The molecule has 2 saturated carbocycles. The van der Waals surface area contributed by atoms with E-state index in [2.05, 4.69) is 60.1 Å². The number of benzene rings is 2. The lowest BCUT2D eigenvalue weighted by Crippen LogP contribution is -2.42. The molecule has 0 heterocycles. The summed E-state index contributed by atoms with van der Waals surface area (Å²) < 4.78 is 7.34. The predicted octanol–water partition coefficient (Wildman–Crippen LogP) is 6.02. The van der Waals surface area contributed by atoms with Crippen molar-refractivity contribution in [2.45, 2.75) is 65.7 Å². The molecule has 0 aliphatic heterocycles. The quantitative estimate of drug-likeness (QED) is 0.389. The van der Waals surface area contributed by atoms with Gasteiger partial charge in [-0.3, -0.25) is 9.59 Å². The van der Waals surface area contributed by atoms with Crippen molar-refractivity contribution in [1.29, 1.82) is 0 Å². The van der Waals surface area contributed by atoms with Gasteiger partial charge in [0.25, 0.3) is 0 Å². The summed E-state index contributed by atoms with van der Waals surface area (Å²) in [5, 5.41) is 0. The van der Waals surface area contributed by atoms with Crippen LogP contribution in [0.3, 0.4) is 0 Å². The van der Waals surface area contributed by atoms with Crippen LogP contribution in [0.15, 0.2) is 40.9 Å². The number of ketones is 1. The Morgan fingerprint density at radius 2 is 1.55 bits per heavy atom. The molecule has 31 heavy (non-hydrogen) atoms. The Morgan fingerprint density at radius 1 is 0.903 bits per heavy atom. The van der Waals surface area contributed by atoms with E-state index in [1.807, 2.05) is 13.0 Å². The molecule has 2 aromatic rings. The molecule has 0 amide bonds. The van der Waals surface area contributed by atoms with Gasteiger partial charge in [0, 0.05) is 16.3 Å². The third-order valence-electron chi connectivity index (χ3n) is 8.91. The van der Waals surface area contributed by atoms with E-state index in [-0.39, 0.29) is 17.2 Å². The summed E-state index contributed by atoms with van der Waals surface area (Å²) in [4.78, 5) is 26.4. The molecule has 0 saturated heterocycles. The third kappa shape index (κ3) is 2.97. The summed E-state index contributed by atoms with van der Waals surface area (Å²) in [6.07, 6.45) is 5.32. The molecule has 3 nitrogen and oxygen atoms in total. The second-order valence-corrected chi connectivity index (χ2v) is 11.3. The van der Waals surface area contributed by atoms with Gasteiger partial charge < -0.3 is 4.74 Å². The van der Waals surface area contributed by atoms with Crippen molar-refractivity contribution in [3.05, 3.63) is 63.1 Å². The monoisotopic (exact) mass is 480 g/mol. The van der Waals surface area contributed by atoms with E-state index in [9.17, 15) is 9.59 Å². The summed E-state index contributed by atoms with van der Waals surface area (Å²) >= 11 is 3.71. The summed E-state index contributed by atoms with van der Waals surface area (Å²) in [7, 11) is 0. The Morgan fingerprint density at radius 3 is 2.16 bits per heavy atom. The maximum Gasteiger partial charge on any atom is 0.318 e. The second kappa shape index (κ2) is 7.03. The number of Topliss-reactive ketones (excluding diaryl/α,β-unsaturated/α-hetero) is 1. The van der Waals surface area contributed by atoms with Gasteiger partial charge in [0.1, 0.15) is 11.5 Å². The highest BCUT2D eigenvalue weighted by Crippen LogP contribution is 2.70. The maximum atomic E-state index is 13.6. The first-order chi connectivity index (χ1) is 14.7. The fraction of sp³-hybridized carbons (Fsp3) is 0.481. The van der Waals surface area contributed by atoms with Crippen molar-refractivity contribution in [3.63, 3.8) is 0 Å². The van der Waals surface area contributed by atoms with Gasteiger partial charge in [0.05, 0.1) is 5.41 Å². The molecule has 2 aromatic carbocycles. The van der Waals surface area contributed by atoms with Crippen molar-refractivity contribution in [3.8, 4) is 5.75 Å². The number of esters is 1. The topological polar surface area (TPSA) is 43.4 Å². The van der Waals surface area contributed by atoms with Gasteiger partial charge in [-0.05, 0) is 78.3 Å². The van der Waals surface area contributed by atoms with Crippen molar-refractivity contribution >= 4 is 27.7 Å². The number of rotatable bonds is 2. The molecular weight excluding hydrogens is 452 g/mol. The van der Waals surface area contributed by atoms with E-state index >= 15 is 0 Å². The summed E-state index contributed by atoms with van der Waals surface area (Å²) in [5.41, 5.74) is 3.26. The average Bonchev–Trinajstić information content (AvgIpc) is 3.01. The lowest BCUT2D eigenvalue weighted by Gasteiger charge is -2.38. The molecular formula is C27H29BrO3. The maximum absolute atomic E-state index is 13.6. The number of aryl methyl sites for hydroxylation is 4. The van der Waals surface area contributed by atoms with Crippen LogP contribution in [0.25, 0.3) is 0 Å². The molecule has 4 heteroatoms. The lowest BCUT2D eigenvalue weighted by molar-refractivity contribution is -0.151. The SMILES string of the molecule is CC1(C)[C@]2(C(=O)Oc3cc4ccc3CCc3ccc(c(Br)c3)CC4)CC[C@@]1(C)C(=O)C2. The van der Waals surface area contributed by atoms with E-state index in [4.69, 9.17) is 4.74 Å². The Balaban J connectivity index is 1.47. The van der Waals surface area contributed by atoms with Gasteiger partial charge in [0.2, 0.25) is 0 Å². The molecule has 0 radical (unpaired) electrons. The second-order valence-electron chi connectivity index (χ2n) is 10.4. The first-order valence-corrected chi connectivity index (χ1v) is 12.1. The first kappa shape index (κ1) is 20.9. The highest BCUT2D eigenvalue weighted by Gasteiger charge is 2.73. The standard InChI is InChI=1S/C27H29BrO3/c1-25(2)26(3)12-13-27(25,16-23(26)29)24(30)31-22-15-18-5-9-19-8-4-17(14-21(19)28)6-10-20(22)11-7-18/h4,7-8,11,14-15H,5-6,9-10,12-13,16H2,1-3H3/t26-,27+/m0/s1. The van der Waals surface area contributed by atoms with Crippen LogP contribution in [-0.4, -0.2) is 11.8 Å². The minimum Gasteiger partial charge on any atom is -0.426 e. The largest absolute Gasteiger partial charge is 0.426 e. The van der Waals surface area contributed by atoms with Gasteiger partial charge in [-0.15, -0.1) is 0 Å². The Kier molecular flexibility index (Phi) is 4.75. The number of halogens is 1. The molecule has 162 valence electrons. The van der Waals surface area contributed by atoms with E-state index < -0.39 is 10.8 Å². The average molecular weight is 481 g/mol. The number of hydrogen-bond acceptors (Lipinski definition) is 3. The van der Waals surface area contributed by atoms with Crippen LogP contribution < -0.4 is 4.74 Å². The summed E-state index contributed by atoms with van der Waals surface area (Å²) in [6.45, 7) is 6.19. The van der Waals surface area contributed by atoms with Gasteiger partial charge in [-0.2, -0.15) is 0 Å². The zero-order chi connectivity index (χ0) is 22.0. The van der Waals surface area contributed by atoms with Crippen LogP contribution in [0, 0.1) is 16.2 Å². The fourth-order valence-electron chi connectivity index (χ4n) is 6.07. The zero-order valence-electron chi connectivity index (χ0n) is 18.5. The minimum atomic E-state index is -0.711. The smallest absolute Gasteiger partial charge is 0.318 e. The highest BCUT2D eigenvalue weighted by atomic mass is 79.9. The molecule has 8 rings (SSSR count). The molecule has 0 spiro atoms. The number of hydrogen-bond donors (Lipinski definition) is 0. The van der Waals surface area contributed by atoms with Crippen molar-refractivity contribution in [1.82, 2.24) is 0 Å². The van der Waals surface area contributed by atoms with Crippen molar-refractivity contribution in [2.75, 3.05) is 0 Å². The Labute approximate surface area is 192 Å². The Bertz CT molecular complexity index is 1100. The van der Waals surface area contributed by atoms with E-state index in [0.29, 0.717) is 12.2 Å². The van der Waals surface area contributed by atoms with Crippen LogP contribution in [0.1, 0.15) is 62.3 Å². The van der Waals surface area contributed by atoms with Crippen molar-refractivity contribution < 1.29 is 14.3 Å². The number of ether oxygens (including phenoxy) is 1. The first-order valence-electron chi connectivity index (χ1n) is 11.3. The molecule has 2 fully saturated rings. The summed E-state index contributed by atoms with van der Waals surface area (Å²) in [5.74, 6) is 0.670. The minimum absolute atomic E-state index is 0.213. The zero-order valence-corrected chi connectivity index (χ0v) is 20.1. The lowest BCUT2D eigenvalue weighted by atomic mass is 9.65. The molecule has 0 aromatic heterocycles. The molecule has 0 N–H and O–H groups in total. The number of carbonyl (C=O) groups is 2. The van der Waals surface area contributed by atoms with Crippen LogP contribution in [0.4, 0.5) is 0 Å². The van der Waals surface area contributed by atoms with Gasteiger partial charge in [0.15, 0.2) is 0 Å². The molecule has 0 unspecified atom stereocenters. The van der Waals surface area contributed by atoms with Crippen LogP contribution >= 0.6 is 15.9 Å². The van der Waals surface area contributed by atoms with Gasteiger partial charge >= 0.3 is 5.97 Å². The van der Waals surface area contributed by atoms with E-state index in [0.717, 1.165) is 44.1 Å². The normalized spacial score (nSPS) is 28.5. The van der Waals surface area contributed by atoms with Crippen molar-refractivity contribution in [2.24, 2.45) is 16.2 Å². The van der Waals surface area contributed by atoms with Crippen LogP contribution in [0.2, 0.25) is 0 Å². The summed E-state index contributed by atoms with van der Waals surface area (Å²) in [6, 6.07) is 12.9.